The predicted octanol–water partition coefficient (Wildman–Crippen LogP) is 4.37. The molecule has 1 heteroatoms. The van der Waals surface area contributed by atoms with E-state index < -0.39 is 0 Å². The maximum absolute atomic E-state index is 3.76. The minimum absolute atomic E-state index is 0.582. The van der Waals surface area contributed by atoms with Gasteiger partial charge in [-0.1, -0.05) is 53.4 Å². The van der Waals surface area contributed by atoms with E-state index in [1.165, 1.54) is 44.9 Å². The van der Waals surface area contributed by atoms with Gasteiger partial charge in [-0.05, 0) is 37.1 Å². The van der Waals surface area contributed by atoms with E-state index in [0.717, 1.165) is 18.5 Å². The van der Waals surface area contributed by atoms with Gasteiger partial charge in [-0.2, -0.15) is 0 Å². The van der Waals surface area contributed by atoms with E-state index in [-0.39, 0.29) is 0 Å². The molecule has 0 radical (unpaired) electrons. The fraction of sp³-hybridized carbons (Fsp3) is 1.00. The highest BCUT2D eigenvalue weighted by Crippen LogP contribution is 2.42. The Bertz CT molecular complexity index is 178. The van der Waals surface area contributed by atoms with Gasteiger partial charge in [0.1, 0.15) is 0 Å². The van der Waals surface area contributed by atoms with Gasteiger partial charge in [-0.3, -0.25) is 0 Å². The first kappa shape index (κ1) is 14.0. The molecule has 1 fully saturated rings. The first-order valence-corrected chi connectivity index (χ1v) is 7.39. The van der Waals surface area contributed by atoms with E-state index in [2.05, 4.69) is 33.0 Å². The van der Waals surface area contributed by atoms with Crippen molar-refractivity contribution in [3.63, 3.8) is 0 Å². The molecule has 1 atom stereocenters. The summed E-state index contributed by atoms with van der Waals surface area (Å²) in [5.41, 5.74) is 0.582. The molecule has 0 aromatic rings. The Hall–Kier alpha value is -0.0400. The van der Waals surface area contributed by atoms with Crippen molar-refractivity contribution in [3.8, 4) is 0 Å². The Balaban J connectivity index is 2.58. The van der Waals surface area contributed by atoms with Crippen LogP contribution in [0.15, 0.2) is 0 Å². The van der Waals surface area contributed by atoms with Crippen molar-refractivity contribution in [2.75, 3.05) is 6.54 Å². The van der Waals surface area contributed by atoms with Crippen molar-refractivity contribution in [2.45, 2.75) is 78.7 Å². The van der Waals surface area contributed by atoms with Crippen LogP contribution in [0.2, 0.25) is 0 Å². The summed E-state index contributed by atoms with van der Waals surface area (Å²) in [6.45, 7) is 10.6. The first-order chi connectivity index (χ1) is 7.66. The van der Waals surface area contributed by atoms with Crippen molar-refractivity contribution in [1.82, 2.24) is 5.32 Å². The zero-order valence-corrected chi connectivity index (χ0v) is 11.8. The molecule has 0 heterocycles. The second kappa shape index (κ2) is 6.64. The third-order valence-electron chi connectivity index (χ3n) is 4.76. The molecule has 1 unspecified atom stereocenters. The van der Waals surface area contributed by atoms with E-state index >= 15 is 0 Å². The largest absolute Gasteiger partial charge is 0.314 e. The van der Waals surface area contributed by atoms with Crippen LogP contribution < -0.4 is 5.32 Å². The van der Waals surface area contributed by atoms with Crippen LogP contribution in [-0.4, -0.2) is 12.6 Å². The molecule has 1 aliphatic carbocycles. The number of nitrogens with one attached hydrogen (secondary N) is 1. The molecule has 0 saturated heterocycles. The Morgan fingerprint density at radius 3 is 2.06 bits per heavy atom. The van der Waals surface area contributed by atoms with E-state index in [1.54, 1.807) is 0 Å². The molecule has 1 aliphatic rings. The normalized spacial score (nSPS) is 21.6. The first-order valence-electron chi connectivity index (χ1n) is 7.39. The molecular weight excluding hydrogens is 194 g/mol. The summed E-state index contributed by atoms with van der Waals surface area (Å²) in [6.07, 6.45) is 9.83. The lowest BCUT2D eigenvalue weighted by molar-refractivity contribution is 0.186. The molecule has 0 aliphatic heterocycles. The van der Waals surface area contributed by atoms with Crippen LogP contribution in [-0.2, 0) is 0 Å². The van der Waals surface area contributed by atoms with E-state index in [1.807, 2.05) is 0 Å². The summed E-state index contributed by atoms with van der Waals surface area (Å²) in [6, 6.07) is 0.755. The average Bonchev–Trinajstić information content (AvgIpc) is 2.72. The molecule has 0 bridgehead atoms. The fourth-order valence-corrected chi connectivity index (χ4v) is 3.35. The lowest BCUT2D eigenvalue weighted by Gasteiger charge is -2.37. The van der Waals surface area contributed by atoms with Gasteiger partial charge < -0.3 is 5.32 Å². The quantitative estimate of drug-likeness (QED) is 0.678. The molecule has 0 spiro atoms. The molecule has 1 rings (SSSR count). The average molecular weight is 225 g/mol. The number of hydrogen-bond donors (Lipinski definition) is 1. The highest BCUT2D eigenvalue weighted by Gasteiger charge is 2.36. The van der Waals surface area contributed by atoms with Crippen LogP contribution in [0.1, 0.15) is 72.6 Å². The van der Waals surface area contributed by atoms with Gasteiger partial charge in [-0.25, -0.2) is 0 Å². The van der Waals surface area contributed by atoms with E-state index in [9.17, 15) is 0 Å². The maximum Gasteiger partial charge on any atom is 0.0123 e. The van der Waals surface area contributed by atoms with E-state index in [4.69, 9.17) is 0 Å². The molecule has 1 saturated carbocycles. The second-order valence-corrected chi connectivity index (χ2v) is 5.89. The maximum atomic E-state index is 3.76. The van der Waals surface area contributed by atoms with Gasteiger partial charge in [0.2, 0.25) is 0 Å². The SMILES string of the molecule is CCNC(CC(CC)CC)C1(C)CCCC1. The summed E-state index contributed by atoms with van der Waals surface area (Å²) >= 11 is 0. The van der Waals surface area contributed by atoms with Crippen LogP contribution in [0, 0.1) is 11.3 Å². The van der Waals surface area contributed by atoms with Crippen molar-refractivity contribution in [3.05, 3.63) is 0 Å². The van der Waals surface area contributed by atoms with Crippen molar-refractivity contribution in [1.29, 1.82) is 0 Å². The monoisotopic (exact) mass is 225 g/mol. The van der Waals surface area contributed by atoms with Crippen LogP contribution in [0.3, 0.4) is 0 Å². The van der Waals surface area contributed by atoms with Gasteiger partial charge >= 0.3 is 0 Å². The molecule has 0 amide bonds. The van der Waals surface area contributed by atoms with E-state index in [0.29, 0.717) is 5.41 Å². The number of hydrogen-bond acceptors (Lipinski definition) is 1. The van der Waals surface area contributed by atoms with Gasteiger partial charge in [0.25, 0.3) is 0 Å². The van der Waals surface area contributed by atoms with Gasteiger partial charge in [0.15, 0.2) is 0 Å². The zero-order chi connectivity index (χ0) is 12.0. The molecule has 0 aromatic heterocycles. The Kier molecular flexibility index (Phi) is 5.82. The van der Waals surface area contributed by atoms with Gasteiger partial charge in [0, 0.05) is 6.04 Å². The van der Waals surface area contributed by atoms with Crippen molar-refractivity contribution >= 4 is 0 Å². The standard InChI is InChI=1S/C15H31N/c1-5-13(6-2)12-14(16-7-3)15(4)10-8-9-11-15/h13-14,16H,5-12H2,1-4H3. The molecule has 0 aromatic carbocycles. The minimum Gasteiger partial charge on any atom is -0.314 e. The minimum atomic E-state index is 0.582. The second-order valence-electron chi connectivity index (χ2n) is 5.89. The molecule has 16 heavy (non-hydrogen) atoms. The van der Waals surface area contributed by atoms with Crippen molar-refractivity contribution < 1.29 is 0 Å². The summed E-state index contributed by atoms with van der Waals surface area (Å²) < 4.78 is 0. The predicted molar refractivity (Wildman–Crippen MR) is 72.7 cm³/mol. The number of rotatable bonds is 7. The van der Waals surface area contributed by atoms with Crippen LogP contribution in [0.5, 0.6) is 0 Å². The molecule has 1 nitrogen and oxygen atoms in total. The van der Waals surface area contributed by atoms with Crippen LogP contribution in [0.25, 0.3) is 0 Å². The Labute approximate surface area is 102 Å². The van der Waals surface area contributed by atoms with Crippen LogP contribution in [0.4, 0.5) is 0 Å². The zero-order valence-electron chi connectivity index (χ0n) is 11.8. The molecular formula is C15H31N. The summed E-state index contributed by atoms with van der Waals surface area (Å²) in [5.74, 6) is 0.918. The van der Waals surface area contributed by atoms with Crippen molar-refractivity contribution in [2.24, 2.45) is 11.3 Å². The van der Waals surface area contributed by atoms with Gasteiger partial charge in [-0.15, -0.1) is 0 Å². The third kappa shape index (κ3) is 3.48. The lowest BCUT2D eigenvalue weighted by atomic mass is 9.76. The van der Waals surface area contributed by atoms with Gasteiger partial charge in [0.05, 0.1) is 0 Å². The Morgan fingerprint density at radius 2 is 1.62 bits per heavy atom. The highest BCUT2D eigenvalue weighted by molar-refractivity contribution is 4.92. The summed E-state index contributed by atoms with van der Waals surface area (Å²) in [5, 5.41) is 3.76. The molecule has 1 N–H and O–H groups in total. The third-order valence-corrected chi connectivity index (χ3v) is 4.76. The fourth-order valence-electron chi connectivity index (χ4n) is 3.35. The summed E-state index contributed by atoms with van der Waals surface area (Å²) in [7, 11) is 0. The molecule has 96 valence electrons. The topological polar surface area (TPSA) is 12.0 Å². The smallest absolute Gasteiger partial charge is 0.0123 e. The highest BCUT2D eigenvalue weighted by atomic mass is 14.9. The van der Waals surface area contributed by atoms with Crippen LogP contribution >= 0.6 is 0 Å². The Morgan fingerprint density at radius 1 is 1.06 bits per heavy atom. The lowest BCUT2D eigenvalue weighted by Crippen LogP contribution is -2.43. The summed E-state index contributed by atoms with van der Waals surface area (Å²) in [4.78, 5) is 0.